The van der Waals surface area contributed by atoms with E-state index in [-0.39, 0.29) is 5.60 Å². The Kier molecular flexibility index (Phi) is 5.86. The largest absolute Gasteiger partial charge is 0.471 e. The minimum atomic E-state index is -0.816. The predicted octanol–water partition coefficient (Wildman–Crippen LogP) is 7.31. The molecule has 3 aromatic carbocycles. The number of halogens is 1. The molecule has 0 N–H and O–H groups in total. The van der Waals surface area contributed by atoms with E-state index < -0.39 is 5.54 Å². The summed E-state index contributed by atoms with van der Waals surface area (Å²) < 4.78 is 8.35. The Morgan fingerprint density at radius 2 is 1.35 bits per heavy atom. The van der Waals surface area contributed by atoms with Crippen LogP contribution in [0.4, 0.5) is 0 Å². The van der Waals surface area contributed by atoms with Crippen molar-refractivity contribution in [2.75, 3.05) is 0 Å². The van der Waals surface area contributed by atoms with Crippen LogP contribution < -0.4 is 4.74 Å². The van der Waals surface area contributed by atoms with Gasteiger partial charge in [-0.05, 0) is 36.5 Å². The maximum absolute atomic E-state index is 6.33. The highest BCUT2D eigenvalue weighted by Crippen LogP contribution is 2.45. The Balaban J connectivity index is 1.59. The lowest BCUT2D eigenvalue weighted by Crippen LogP contribution is -2.38. The number of benzene rings is 3. The van der Waals surface area contributed by atoms with Gasteiger partial charge >= 0.3 is 0 Å². The summed E-state index contributed by atoms with van der Waals surface area (Å²) >= 11 is 6.33. The highest BCUT2D eigenvalue weighted by molar-refractivity contribution is 6.29. The fourth-order valence-electron chi connectivity index (χ4n) is 5.39. The smallest absolute Gasteiger partial charge is 0.214 e. The van der Waals surface area contributed by atoms with Crippen molar-refractivity contribution in [1.82, 2.24) is 24.7 Å². The van der Waals surface area contributed by atoms with Gasteiger partial charge in [0.25, 0.3) is 0 Å². The highest BCUT2D eigenvalue weighted by Gasteiger charge is 2.42. The van der Waals surface area contributed by atoms with Crippen LogP contribution >= 0.6 is 11.6 Å². The average Bonchev–Trinajstić information content (AvgIpc) is 3.60. The summed E-state index contributed by atoms with van der Waals surface area (Å²) in [5.41, 5.74) is 4.36. The molecule has 0 bridgehead atoms. The maximum atomic E-state index is 6.33. The van der Waals surface area contributed by atoms with Crippen LogP contribution in [0, 0.1) is 0 Å². The second-order valence-electron chi connectivity index (χ2n) is 10.4. The highest BCUT2D eigenvalue weighted by atomic mass is 35.5. The van der Waals surface area contributed by atoms with Crippen LogP contribution in [-0.4, -0.2) is 30.3 Å². The molecule has 1 aliphatic rings. The minimum Gasteiger partial charge on any atom is -0.471 e. The van der Waals surface area contributed by atoms with Crippen molar-refractivity contribution >= 4 is 22.5 Å². The molecule has 0 amide bonds. The van der Waals surface area contributed by atoms with Gasteiger partial charge in [0.05, 0.1) is 17.4 Å². The van der Waals surface area contributed by atoms with Gasteiger partial charge in [-0.15, -0.1) is 0 Å². The van der Waals surface area contributed by atoms with Crippen molar-refractivity contribution in [3.8, 4) is 17.3 Å². The number of pyridine rings is 1. The van der Waals surface area contributed by atoms with Gasteiger partial charge in [0.15, 0.2) is 0 Å². The van der Waals surface area contributed by atoms with Gasteiger partial charge in [-0.1, -0.05) is 103 Å². The summed E-state index contributed by atoms with van der Waals surface area (Å²) in [6.07, 6.45) is 5.35. The van der Waals surface area contributed by atoms with Crippen LogP contribution in [0.25, 0.3) is 22.3 Å². The third-order valence-electron chi connectivity index (χ3n) is 7.61. The monoisotopic (exact) mass is 543 g/mol. The van der Waals surface area contributed by atoms with E-state index in [0.717, 1.165) is 40.4 Å². The van der Waals surface area contributed by atoms with Gasteiger partial charge in [-0.3, -0.25) is 0 Å². The lowest BCUT2D eigenvalue weighted by atomic mass is 9.77. The first kappa shape index (κ1) is 24.5. The Morgan fingerprint density at radius 3 is 1.88 bits per heavy atom. The van der Waals surface area contributed by atoms with Gasteiger partial charge in [-0.2, -0.15) is 5.10 Å². The molecule has 0 saturated heterocycles. The fourth-order valence-corrected chi connectivity index (χ4v) is 5.54. The predicted molar refractivity (Wildman–Crippen MR) is 156 cm³/mol. The number of rotatable bonds is 7. The zero-order valence-electron chi connectivity index (χ0n) is 21.9. The molecule has 6 nitrogen and oxygen atoms in total. The molecule has 1 aliphatic carbocycles. The second kappa shape index (κ2) is 9.57. The summed E-state index contributed by atoms with van der Waals surface area (Å²) in [6, 6.07) is 35.1. The quantitative estimate of drug-likeness (QED) is 0.156. The molecule has 7 heteroatoms. The zero-order valence-corrected chi connectivity index (χ0v) is 22.7. The first-order chi connectivity index (χ1) is 19.6. The topological polar surface area (TPSA) is 65.7 Å². The molecule has 1 saturated carbocycles. The summed E-state index contributed by atoms with van der Waals surface area (Å²) in [7, 11) is 0. The lowest BCUT2D eigenvalue weighted by Gasteiger charge is -2.37. The molecular weight excluding hydrogens is 518 g/mol. The first-order valence-electron chi connectivity index (χ1n) is 13.3. The molecule has 196 valence electrons. The van der Waals surface area contributed by atoms with Crippen molar-refractivity contribution in [3.63, 3.8) is 0 Å². The third kappa shape index (κ3) is 4.12. The Morgan fingerprint density at radius 1 is 0.775 bits per heavy atom. The van der Waals surface area contributed by atoms with E-state index in [1.807, 2.05) is 30.5 Å². The van der Waals surface area contributed by atoms with Crippen molar-refractivity contribution < 1.29 is 4.74 Å². The molecule has 1 fully saturated rings. The number of aromatic nitrogens is 5. The molecule has 40 heavy (non-hydrogen) atoms. The van der Waals surface area contributed by atoms with E-state index in [0.29, 0.717) is 22.4 Å². The molecule has 0 atom stereocenters. The maximum Gasteiger partial charge on any atom is 0.214 e. The normalized spacial score (nSPS) is 14.2. The van der Waals surface area contributed by atoms with Crippen molar-refractivity contribution in [2.45, 2.75) is 30.9 Å². The van der Waals surface area contributed by atoms with Crippen LogP contribution in [0.15, 0.2) is 116 Å². The van der Waals surface area contributed by atoms with Gasteiger partial charge in [0, 0.05) is 17.5 Å². The van der Waals surface area contributed by atoms with Gasteiger partial charge in [0.2, 0.25) is 5.88 Å². The zero-order chi connectivity index (χ0) is 27.2. The van der Waals surface area contributed by atoms with Crippen molar-refractivity contribution in [3.05, 3.63) is 137 Å². The Labute approximate surface area is 237 Å². The summed E-state index contributed by atoms with van der Waals surface area (Å²) in [5.74, 6) is 0.568. The van der Waals surface area contributed by atoms with Crippen molar-refractivity contribution in [2.24, 2.45) is 0 Å². The Hall–Kier alpha value is -4.55. The average molecular weight is 544 g/mol. The van der Waals surface area contributed by atoms with Crippen LogP contribution in [0.5, 0.6) is 5.88 Å². The summed E-state index contributed by atoms with van der Waals surface area (Å²) in [5, 5.41) is 6.55. The number of nitrogens with zero attached hydrogens (tertiary/aromatic N) is 5. The molecular formula is C33H26ClN5O. The van der Waals surface area contributed by atoms with Crippen LogP contribution in [0.1, 0.15) is 36.5 Å². The van der Waals surface area contributed by atoms with Gasteiger partial charge in [0.1, 0.15) is 28.3 Å². The van der Waals surface area contributed by atoms with E-state index in [9.17, 15) is 0 Å². The molecule has 7 rings (SSSR count). The van der Waals surface area contributed by atoms with Crippen LogP contribution in [-0.2, 0) is 5.54 Å². The number of hydrogen-bond acceptors (Lipinski definition) is 5. The number of fused-ring (bicyclic) bond motifs is 1. The minimum absolute atomic E-state index is 0.170. The van der Waals surface area contributed by atoms with E-state index in [2.05, 4.69) is 94.4 Å². The summed E-state index contributed by atoms with van der Waals surface area (Å²) in [4.78, 5) is 13.4. The first-order valence-corrected chi connectivity index (χ1v) is 13.7. The summed E-state index contributed by atoms with van der Waals surface area (Å²) in [6.45, 7) is 2.11. The third-order valence-corrected chi connectivity index (χ3v) is 7.82. The molecule has 3 aromatic heterocycles. The SMILES string of the molecule is CC1(Oc2cc3c(-c4cc(Cl)ncn4)nn(C(c4ccccc4)(c4ccccc4)c4ccccc4)c3cn2)CC1. The van der Waals surface area contributed by atoms with Gasteiger partial charge < -0.3 is 4.74 Å². The Bertz CT molecular complexity index is 1700. The lowest BCUT2D eigenvalue weighted by molar-refractivity contribution is 0.192. The van der Waals surface area contributed by atoms with Crippen molar-refractivity contribution in [1.29, 1.82) is 0 Å². The molecule has 0 unspecified atom stereocenters. The van der Waals surface area contributed by atoms with E-state index >= 15 is 0 Å². The van der Waals surface area contributed by atoms with E-state index in [1.165, 1.54) is 6.33 Å². The number of hydrogen-bond donors (Lipinski definition) is 0. The molecule has 0 radical (unpaired) electrons. The molecule has 6 aromatic rings. The fraction of sp³-hybridized carbons (Fsp3) is 0.152. The second-order valence-corrected chi connectivity index (χ2v) is 10.8. The molecule has 0 spiro atoms. The van der Waals surface area contributed by atoms with E-state index in [4.69, 9.17) is 26.4 Å². The standard InChI is InChI=1S/C33H26ClN5O/c1-32(17-18-32)40-30-19-26-28(21-35-30)39(38-31(26)27-20-29(34)37-22-36-27)33(23-11-5-2-6-12-23,24-13-7-3-8-14-24)25-15-9-4-10-16-25/h2-16,19-22H,17-18H2,1H3. The van der Waals surface area contributed by atoms with Gasteiger partial charge in [-0.25, -0.2) is 19.6 Å². The van der Waals surface area contributed by atoms with E-state index in [1.54, 1.807) is 6.07 Å². The molecule has 3 heterocycles. The number of ether oxygens (including phenoxy) is 1. The van der Waals surface area contributed by atoms with Crippen LogP contribution in [0.2, 0.25) is 5.15 Å². The molecule has 0 aliphatic heterocycles. The van der Waals surface area contributed by atoms with Crippen LogP contribution in [0.3, 0.4) is 0 Å².